The largest absolute Gasteiger partial charge is 0.322 e. The molecule has 0 fully saturated rings. The molecule has 4 nitrogen and oxygen atoms in total. The number of nitrogens with one attached hydrogen (secondary N) is 1. The maximum atomic E-state index is 13.0. The van der Waals surface area contributed by atoms with Gasteiger partial charge in [-0.3, -0.25) is 4.79 Å². The Morgan fingerprint density at radius 3 is 2.59 bits per heavy atom. The number of halogens is 1. The van der Waals surface area contributed by atoms with Crippen molar-refractivity contribution < 1.29 is 4.79 Å². The summed E-state index contributed by atoms with van der Waals surface area (Å²) in [7, 11) is 0. The molecule has 27 heavy (non-hydrogen) atoms. The zero-order chi connectivity index (χ0) is 18.8. The first-order chi connectivity index (χ1) is 13.1. The average Bonchev–Trinajstić information content (AvgIpc) is 3.29. The third-order valence-electron chi connectivity index (χ3n) is 4.04. The van der Waals surface area contributed by atoms with Gasteiger partial charge in [0.25, 0.3) is 5.91 Å². The van der Waals surface area contributed by atoms with E-state index in [-0.39, 0.29) is 5.91 Å². The number of carbonyl (C=O) groups excluding carboxylic acids is 1. The summed E-state index contributed by atoms with van der Waals surface area (Å²) < 4.78 is 1.73. The molecule has 4 aromatic rings. The summed E-state index contributed by atoms with van der Waals surface area (Å²) in [6, 6.07) is 20.9. The molecule has 0 saturated carbocycles. The van der Waals surface area contributed by atoms with E-state index in [4.69, 9.17) is 11.6 Å². The second-order valence-corrected chi connectivity index (χ2v) is 7.77. The van der Waals surface area contributed by atoms with Crippen molar-refractivity contribution in [1.82, 2.24) is 9.78 Å². The number of nitrogens with zero attached hydrogens (tertiary/aromatic N) is 2. The maximum absolute atomic E-state index is 13.0. The molecule has 0 saturated heterocycles. The Morgan fingerprint density at radius 2 is 1.89 bits per heavy atom. The van der Waals surface area contributed by atoms with Crippen LogP contribution in [0.3, 0.4) is 0 Å². The molecule has 0 aliphatic carbocycles. The lowest BCUT2D eigenvalue weighted by molar-refractivity contribution is 0.102. The average molecular weight is 394 g/mol. The van der Waals surface area contributed by atoms with Gasteiger partial charge in [0, 0.05) is 21.8 Å². The number of anilines is 1. The zero-order valence-corrected chi connectivity index (χ0v) is 16.1. The van der Waals surface area contributed by atoms with Crippen molar-refractivity contribution in [1.29, 1.82) is 0 Å². The molecular weight excluding hydrogens is 378 g/mol. The molecular formula is C21H16ClN3OS. The van der Waals surface area contributed by atoms with Crippen molar-refractivity contribution in [3.63, 3.8) is 0 Å². The van der Waals surface area contributed by atoms with E-state index in [2.05, 4.69) is 10.4 Å². The van der Waals surface area contributed by atoms with E-state index in [9.17, 15) is 4.79 Å². The van der Waals surface area contributed by atoms with Gasteiger partial charge in [-0.1, -0.05) is 35.9 Å². The zero-order valence-electron chi connectivity index (χ0n) is 14.5. The van der Waals surface area contributed by atoms with E-state index in [1.807, 2.05) is 49.4 Å². The highest BCUT2D eigenvalue weighted by Gasteiger charge is 2.20. The van der Waals surface area contributed by atoms with Crippen LogP contribution in [0.2, 0.25) is 5.02 Å². The molecule has 2 aromatic heterocycles. The number of hydrogen-bond donors (Lipinski definition) is 1. The number of aromatic nitrogens is 2. The van der Waals surface area contributed by atoms with Crippen molar-refractivity contribution >= 4 is 34.5 Å². The Labute approximate surface area is 166 Å². The van der Waals surface area contributed by atoms with Gasteiger partial charge < -0.3 is 5.32 Å². The Morgan fingerprint density at radius 1 is 1.07 bits per heavy atom. The van der Waals surface area contributed by atoms with E-state index in [1.165, 1.54) is 4.88 Å². The highest BCUT2D eigenvalue weighted by Crippen LogP contribution is 2.30. The van der Waals surface area contributed by atoms with E-state index >= 15 is 0 Å². The van der Waals surface area contributed by atoms with E-state index < -0.39 is 0 Å². The lowest BCUT2D eigenvalue weighted by atomic mass is 10.2. The maximum Gasteiger partial charge on any atom is 0.259 e. The van der Waals surface area contributed by atoms with Gasteiger partial charge in [-0.25, -0.2) is 4.68 Å². The summed E-state index contributed by atoms with van der Waals surface area (Å²) in [6.07, 6.45) is 1.76. The van der Waals surface area contributed by atoms with E-state index in [1.54, 1.807) is 46.5 Å². The minimum atomic E-state index is -0.222. The van der Waals surface area contributed by atoms with Crippen molar-refractivity contribution in [3.8, 4) is 16.3 Å². The third kappa shape index (κ3) is 3.79. The Hall–Kier alpha value is -2.89. The number of para-hydroxylation sites is 1. The van der Waals surface area contributed by atoms with E-state index in [0.29, 0.717) is 22.0 Å². The van der Waals surface area contributed by atoms with Crippen LogP contribution in [-0.2, 0) is 0 Å². The van der Waals surface area contributed by atoms with Gasteiger partial charge in [-0.15, -0.1) is 11.3 Å². The smallest absolute Gasteiger partial charge is 0.259 e. The lowest BCUT2D eigenvalue weighted by Crippen LogP contribution is -2.12. The molecule has 0 aliphatic heterocycles. The third-order valence-corrected chi connectivity index (χ3v) is 5.28. The normalized spacial score (nSPS) is 10.7. The van der Waals surface area contributed by atoms with Crippen LogP contribution in [0.5, 0.6) is 0 Å². The number of thiophene rings is 1. The molecule has 0 aliphatic rings. The summed E-state index contributed by atoms with van der Waals surface area (Å²) in [5.74, 6) is -0.222. The predicted octanol–water partition coefficient (Wildman–Crippen LogP) is 5.81. The van der Waals surface area contributed by atoms with Crippen LogP contribution in [0.4, 0.5) is 5.69 Å². The topological polar surface area (TPSA) is 46.9 Å². The molecule has 0 spiro atoms. The van der Waals surface area contributed by atoms with Gasteiger partial charge in [-0.05, 0) is 49.4 Å². The number of benzene rings is 2. The highest BCUT2D eigenvalue weighted by atomic mass is 35.5. The van der Waals surface area contributed by atoms with Crippen LogP contribution < -0.4 is 5.32 Å². The number of hydrogen-bond acceptors (Lipinski definition) is 3. The molecule has 1 N–H and O–H groups in total. The summed E-state index contributed by atoms with van der Waals surface area (Å²) in [4.78, 5) is 15.1. The fourth-order valence-electron chi connectivity index (χ4n) is 2.76. The van der Waals surface area contributed by atoms with Crippen LogP contribution in [0, 0.1) is 6.92 Å². The number of aryl methyl sites for hydroxylation is 1. The van der Waals surface area contributed by atoms with Gasteiger partial charge in [-0.2, -0.15) is 5.10 Å². The van der Waals surface area contributed by atoms with Crippen LogP contribution in [0.1, 0.15) is 15.2 Å². The molecule has 6 heteroatoms. The minimum Gasteiger partial charge on any atom is -0.322 e. The van der Waals surface area contributed by atoms with Crippen molar-refractivity contribution in [2.75, 3.05) is 5.32 Å². The molecule has 1 amide bonds. The molecule has 0 atom stereocenters. The van der Waals surface area contributed by atoms with Crippen LogP contribution in [0.15, 0.2) is 72.9 Å². The fraction of sp³-hybridized carbons (Fsp3) is 0.0476. The van der Waals surface area contributed by atoms with Gasteiger partial charge in [0.2, 0.25) is 0 Å². The minimum absolute atomic E-state index is 0.222. The van der Waals surface area contributed by atoms with Crippen LogP contribution >= 0.6 is 22.9 Å². The molecule has 0 bridgehead atoms. The Bertz CT molecular complexity index is 1100. The Balaban J connectivity index is 1.75. The monoisotopic (exact) mass is 393 g/mol. The first kappa shape index (κ1) is 17.5. The summed E-state index contributed by atoms with van der Waals surface area (Å²) in [6.45, 7) is 2.04. The first-order valence-electron chi connectivity index (χ1n) is 8.39. The predicted molar refractivity (Wildman–Crippen MR) is 111 cm³/mol. The summed E-state index contributed by atoms with van der Waals surface area (Å²) in [5.41, 5.74) is 2.72. The fourth-order valence-corrected chi connectivity index (χ4v) is 3.82. The molecule has 0 unspecified atom stereocenters. The molecule has 4 rings (SSSR count). The molecule has 134 valence electrons. The Kier molecular flexibility index (Phi) is 4.79. The quantitative estimate of drug-likeness (QED) is 0.475. The second kappa shape index (κ2) is 7.39. The highest BCUT2D eigenvalue weighted by molar-refractivity contribution is 7.15. The lowest BCUT2D eigenvalue weighted by Gasteiger charge is -2.05. The van der Waals surface area contributed by atoms with Gasteiger partial charge >= 0.3 is 0 Å². The standard InChI is InChI=1S/C21H16ClN3OS/c1-14-10-11-19(27-14)20-18(13-25(24-20)17-8-3-2-4-9-17)21(26)23-16-7-5-6-15(22)12-16/h2-13H,1H3,(H,23,26). The number of rotatable bonds is 4. The number of amides is 1. The van der Waals surface area contributed by atoms with Gasteiger partial charge in [0.1, 0.15) is 5.69 Å². The van der Waals surface area contributed by atoms with Crippen molar-refractivity contribution in [2.24, 2.45) is 0 Å². The molecule has 0 radical (unpaired) electrons. The second-order valence-electron chi connectivity index (χ2n) is 6.05. The SMILES string of the molecule is Cc1ccc(-c2nn(-c3ccccc3)cc2C(=O)Nc2cccc(Cl)c2)s1. The molecule has 2 heterocycles. The van der Waals surface area contributed by atoms with Crippen LogP contribution in [0.25, 0.3) is 16.3 Å². The summed E-state index contributed by atoms with van der Waals surface area (Å²) >= 11 is 7.64. The summed E-state index contributed by atoms with van der Waals surface area (Å²) in [5, 5.41) is 8.16. The van der Waals surface area contributed by atoms with Crippen molar-refractivity contribution in [3.05, 3.63) is 88.4 Å². The van der Waals surface area contributed by atoms with Crippen molar-refractivity contribution in [2.45, 2.75) is 6.92 Å². The van der Waals surface area contributed by atoms with E-state index in [0.717, 1.165) is 10.6 Å². The van der Waals surface area contributed by atoms with Gasteiger partial charge in [0.05, 0.1) is 16.1 Å². The number of carbonyl (C=O) groups is 1. The van der Waals surface area contributed by atoms with Crippen LogP contribution in [-0.4, -0.2) is 15.7 Å². The van der Waals surface area contributed by atoms with Gasteiger partial charge in [0.15, 0.2) is 0 Å². The first-order valence-corrected chi connectivity index (χ1v) is 9.58. The molecule has 2 aromatic carbocycles.